The van der Waals surface area contributed by atoms with Crippen molar-refractivity contribution < 1.29 is 23.6 Å². The molecule has 0 spiro atoms. The van der Waals surface area contributed by atoms with E-state index in [1.54, 1.807) is 36.5 Å². The van der Waals surface area contributed by atoms with Gasteiger partial charge in [0, 0.05) is 38.3 Å². The average molecular weight is 714 g/mol. The fraction of sp³-hybridized carbons (Fsp3) is 0.308. The third-order valence-electron chi connectivity index (χ3n) is 10.7. The molecule has 3 saturated heterocycles. The molecule has 4 aliphatic rings. The van der Waals surface area contributed by atoms with Crippen molar-refractivity contribution in [1.82, 2.24) is 29.8 Å². The highest BCUT2D eigenvalue weighted by atomic mass is 19.1. The first-order valence-electron chi connectivity index (χ1n) is 18.0. The summed E-state index contributed by atoms with van der Waals surface area (Å²) in [6.45, 7) is 3.21. The summed E-state index contributed by atoms with van der Waals surface area (Å²) >= 11 is 0. The lowest BCUT2D eigenvalue weighted by atomic mass is 9.96. The number of halogens is 1. The molecule has 3 aromatic heterocycles. The number of carbonyl (C=O) groups is 4. The number of imide groups is 2. The normalized spacial score (nSPS) is 20.3. The van der Waals surface area contributed by atoms with Crippen LogP contribution in [-0.4, -0.2) is 80.3 Å². The van der Waals surface area contributed by atoms with Gasteiger partial charge in [-0.15, -0.1) is 5.10 Å². The number of rotatable bonds is 9. The highest BCUT2D eigenvalue weighted by molar-refractivity contribution is 6.23. The maximum atomic E-state index is 14.1. The summed E-state index contributed by atoms with van der Waals surface area (Å²) in [6.07, 6.45) is 4.83. The van der Waals surface area contributed by atoms with E-state index in [1.165, 1.54) is 6.07 Å². The van der Waals surface area contributed by atoms with Gasteiger partial charge in [-0.2, -0.15) is 0 Å². The highest BCUT2D eigenvalue weighted by Crippen LogP contribution is 2.36. The van der Waals surface area contributed by atoms with Gasteiger partial charge < -0.3 is 15.1 Å². The molecule has 0 bridgehead atoms. The Balaban J connectivity index is 0.823. The van der Waals surface area contributed by atoms with Crippen LogP contribution in [-0.2, 0) is 9.59 Å². The Morgan fingerprint density at radius 1 is 0.868 bits per heavy atom. The summed E-state index contributed by atoms with van der Waals surface area (Å²) < 4.78 is 15.9. The number of hydrogen-bond donors (Lipinski definition) is 2. The number of amides is 4. The van der Waals surface area contributed by atoms with Gasteiger partial charge in [-0.1, -0.05) is 18.2 Å². The number of hydrogen-bond acceptors (Lipinski definition) is 10. The van der Waals surface area contributed by atoms with Crippen molar-refractivity contribution in [2.24, 2.45) is 5.92 Å². The maximum Gasteiger partial charge on any atom is 0.262 e. The molecule has 2 atom stereocenters. The van der Waals surface area contributed by atoms with E-state index in [2.05, 4.69) is 25.4 Å². The van der Waals surface area contributed by atoms with Crippen molar-refractivity contribution in [1.29, 1.82) is 0 Å². The summed E-state index contributed by atoms with van der Waals surface area (Å²) in [6, 6.07) is 20.8. The minimum absolute atomic E-state index is 0.0553. The molecule has 9 rings (SSSR count). The lowest BCUT2D eigenvalue weighted by Gasteiger charge is -2.40. The van der Waals surface area contributed by atoms with Gasteiger partial charge in [0.2, 0.25) is 11.8 Å². The van der Waals surface area contributed by atoms with Crippen molar-refractivity contribution >= 4 is 46.6 Å². The summed E-state index contributed by atoms with van der Waals surface area (Å²) in [7, 11) is 0. The second kappa shape index (κ2) is 13.1. The number of fused-ring (bicyclic) bond motifs is 2. The summed E-state index contributed by atoms with van der Waals surface area (Å²) in [5, 5.41) is 10.6. The third-order valence-corrected chi connectivity index (χ3v) is 10.7. The molecule has 2 N–H and O–H groups in total. The largest absolute Gasteiger partial charge is 0.385 e. The van der Waals surface area contributed by atoms with Crippen LogP contribution in [0.3, 0.4) is 0 Å². The Hall–Kier alpha value is -6.18. The standard InChI is InChI=1S/C39H36FN9O4/c40-25-5-1-4-24(18-25)30-7-3-17-47(30)35-13-12-33-42-20-32(49(33)45-35)29-6-2-8-34(43-29)46-21-23(22-46)15-16-41-26-9-10-27-28(19-26)39(53)48(38(27)52)31-11-14-36(50)44-37(31)51/h1-2,4-6,8-10,12-13,18-20,23,30-31,41H,3,7,11,14-17,21-22H2,(H,44,50,51)/t30-,31?/m1/s1. The van der Waals surface area contributed by atoms with Crippen LogP contribution in [0.5, 0.6) is 0 Å². The molecule has 0 aliphatic carbocycles. The molecule has 0 radical (unpaired) electrons. The van der Waals surface area contributed by atoms with Gasteiger partial charge in [-0.25, -0.2) is 18.9 Å². The smallest absolute Gasteiger partial charge is 0.262 e. The zero-order valence-electron chi connectivity index (χ0n) is 28.7. The lowest BCUT2D eigenvalue weighted by Crippen LogP contribution is -2.54. The van der Waals surface area contributed by atoms with Crippen LogP contribution in [0.2, 0.25) is 0 Å². The quantitative estimate of drug-likeness (QED) is 0.208. The number of aromatic nitrogens is 4. The Bertz CT molecular complexity index is 2300. The van der Waals surface area contributed by atoms with E-state index in [0.29, 0.717) is 12.5 Å². The van der Waals surface area contributed by atoms with E-state index in [9.17, 15) is 23.6 Å². The number of nitrogens with zero attached hydrogens (tertiary/aromatic N) is 7. The molecule has 13 nitrogen and oxygen atoms in total. The van der Waals surface area contributed by atoms with E-state index in [4.69, 9.17) is 10.1 Å². The summed E-state index contributed by atoms with van der Waals surface area (Å²) in [5.74, 6) is -0.156. The first-order valence-corrected chi connectivity index (χ1v) is 18.0. The SMILES string of the molecule is O=C1CCC(N2C(=O)c3ccc(NCCC4CN(c5cccc(-c6cnc7ccc(N8CCC[C@@H]8c8cccc(F)c8)nn67)n5)C4)cc3C2=O)C(=O)N1. The Morgan fingerprint density at radius 3 is 2.57 bits per heavy atom. The molecular weight excluding hydrogens is 677 g/mol. The molecule has 1 unspecified atom stereocenters. The zero-order chi connectivity index (χ0) is 36.2. The van der Waals surface area contributed by atoms with Crippen molar-refractivity contribution in [2.75, 3.05) is 41.3 Å². The van der Waals surface area contributed by atoms with Gasteiger partial charge in [0.15, 0.2) is 5.65 Å². The molecule has 4 aliphatic heterocycles. The van der Waals surface area contributed by atoms with Crippen LogP contribution in [0.4, 0.5) is 21.7 Å². The van der Waals surface area contributed by atoms with E-state index in [-0.39, 0.29) is 35.8 Å². The van der Waals surface area contributed by atoms with Crippen LogP contribution in [0.25, 0.3) is 17.0 Å². The molecule has 268 valence electrons. The summed E-state index contributed by atoms with van der Waals surface area (Å²) in [4.78, 5) is 65.2. The predicted molar refractivity (Wildman–Crippen MR) is 194 cm³/mol. The van der Waals surface area contributed by atoms with E-state index in [1.807, 2.05) is 40.9 Å². The molecular formula is C39H36FN9O4. The molecule has 7 heterocycles. The van der Waals surface area contributed by atoms with Crippen LogP contribution in [0, 0.1) is 11.7 Å². The minimum Gasteiger partial charge on any atom is -0.385 e. The number of carbonyl (C=O) groups excluding carboxylic acids is 4. The number of nitrogens with one attached hydrogen (secondary N) is 2. The number of benzene rings is 2. The van der Waals surface area contributed by atoms with Crippen LogP contribution in [0.15, 0.2) is 79.0 Å². The first-order chi connectivity index (χ1) is 25.8. The van der Waals surface area contributed by atoms with Crippen molar-refractivity contribution in [3.63, 3.8) is 0 Å². The van der Waals surface area contributed by atoms with E-state index in [0.717, 1.165) is 83.7 Å². The van der Waals surface area contributed by atoms with Crippen LogP contribution < -0.4 is 20.4 Å². The Morgan fingerprint density at radius 2 is 1.72 bits per heavy atom. The van der Waals surface area contributed by atoms with Crippen molar-refractivity contribution in [3.05, 3.63) is 102 Å². The monoisotopic (exact) mass is 713 g/mol. The second-order valence-corrected chi connectivity index (χ2v) is 14.1. The molecule has 53 heavy (non-hydrogen) atoms. The van der Waals surface area contributed by atoms with E-state index >= 15 is 0 Å². The van der Waals surface area contributed by atoms with E-state index < -0.39 is 29.7 Å². The average Bonchev–Trinajstić information content (AvgIpc) is 3.86. The topological polar surface area (TPSA) is 145 Å². The third kappa shape index (κ3) is 5.93. The van der Waals surface area contributed by atoms with Gasteiger partial charge >= 0.3 is 0 Å². The molecule has 0 saturated carbocycles. The van der Waals surface area contributed by atoms with Crippen molar-refractivity contribution in [2.45, 2.75) is 44.2 Å². The number of imidazole rings is 1. The molecule has 3 fully saturated rings. The lowest BCUT2D eigenvalue weighted by molar-refractivity contribution is -0.136. The molecule has 5 aromatic rings. The fourth-order valence-electron chi connectivity index (χ4n) is 7.98. The van der Waals surface area contributed by atoms with Crippen molar-refractivity contribution in [3.8, 4) is 11.4 Å². The van der Waals surface area contributed by atoms with Gasteiger partial charge in [-0.05, 0) is 91.8 Å². The fourth-order valence-corrected chi connectivity index (χ4v) is 7.98. The molecule has 4 amide bonds. The second-order valence-electron chi connectivity index (χ2n) is 14.1. The van der Waals surface area contributed by atoms with Gasteiger partial charge in [-0.3, -0.25) is 29.4 Å². The van der Waals surface area contributed by atoms with Gasteiger partial charge in [0.25, 0.3) is 11.8 Å². The first kappa shape index (κ1) is 32.7. The van der Waals surface area contributed by atoms with Gasteiger partial charge in [0.05, 0.1) is 29.1 Å². The van der Waals surface area contributed by atoms with Crippen LogP contribution >= 0.6 is 0 Å². The zero-order valence-corrected chi connectivity index (χ0v) is 28.7. The number of pyridine rings is 1. The van der Waals surface area contributed by atoms with Gasteiger partial charge in [0.1, 0.15) is 29.2 Å². The highest BCUT2D eigenvalue weighted by Gasteiger charge is 2.44. The molecule has 14 heteroatoms. The minimum atomic E-state index is -0.987. The number of anilines is 3. The Labute approximate surface area is 303 Å². The number of piperidine rings is 1. The maximum absolute atomic E-state index is 14.1. The molecule has 2 aromatic carbocycles. The Kier molecular flexibility index (Phi) is 8.09. The summed E-state index contributed by atoms with van der Waals surface area (Å²) in [5.41, 5.74) is 4.48. The van der Waals surface area contributed by atoms with Crippen LogP contribution in [0.1, 0.15) is 64.4 Å². The predicted octanol–water partition coefficient (Wildman–Crippen LogP) is 4.61.